The summed E-state index contributed by atoms with van der Waals surface area (Å²) in [5, 5.41) is 14.1. The summed E-state index contributed by atoms with van der Waals surface area (Å²) >= 11 is 5.10. The fourth-order valence-electron chi connectivity index (χ4n) is 1.68. The standard InChI is InChI=1S/C14H13BrN2S/c1-10(12-3-2-4-13(15)6-12)17-8-14-5-11(7-16)9-18-14/h2-6,9-10,17H,8H2,1H3/t10-/m1/s1. The number of nitrogens with one attached hydrogen (secondary N) is 1. The minimum atomic E-state index is 0.287. The molecular weight excluding hydrogens is 308 g/mol. The van der Waals surface area contributed by atoms with E-state index in [0.29, 0.717) is 0 Å². The quantitative estimate of drug-likeness (QED) is 0.914. The Bertz CT molecular complexity index is 571. The molecule has 0 fully saturated rings. The fourth-order valence-corrected chi connectivity index (χ4v) is 2.86. The van der Waals surface area contributed by atoms with E-state index in [-0.39, 0.29) is 6.04 Å². The van der Waals surface area contributed by atoms with Crippen molar-refractivity contribution in [1.29, 1.82) is 5.26 Å². The van der Waals surface area contributed by atoms with E-state index in [9.17, 15) is 0 Å². The molecule has 0 spiro atoms. The van der Waals surface area contributed by atoms with E-state index in [1.165, 1.54) is 10.4 Å². The molecule has 0 saturated carbocycles. The van der Waals surface area contributed by atoms with Crippen LogP contribution in [0.3, 0.4) is 0 Å². The molecule has 1 atom stereocenters. The number of halogens is 1. The Morgan fingerprint density at radius 2 is 2.28 bits per heavy atom. The number of hydrogen-bond donors (Lipinski definition) is 1. The minimum absolute atomic E-state index is 0.287. The van der Waals surface area contributed by atoms with Gasteiger partial charge in [0.15, 0.2) is 0 Å². The van der Waals surface area contributed by atoms with Gasteiger partial charge >= 0.3 is 0 Å². The van der Waals surface area contributed by atoms with Gasteiger partial charge in [0.25, 0.3) is 0 Å². The second-order valence-electron chi connectivity index (χ2n) is 4.07. The summed E-state index contributed by atoms with van der Waals surface area (Å²) in [6, 6.07) is 12.7. The predicted octanol–water partition coefficient (Wildman–Crippen LogP) is 4.23. The van der Waals surface area contributed by atoms with Gasteiger partial charge in [0.05, 0.1) is 5.56 Å². The van der Waals surface area contributed by atoms with Crippen molar-refractivity contribution in [2.45, 2.75) is 19.5 Å². The zero-order valence-corrected chi connectivity index (χ0v) is 12.4. The lowest BCUT2D eigenvalue weighted by atomic mass is 10.1. The van der Waals surface area contributed by atoms with Crippen LogP contribution in [0, 0.1) is 11.3 Å². The first-order valence-corrected chi connectivity index (χ1v) is 7.32. The number of nitrogens with zero attached hydrogens (tertiary/aromatic N) is 1. The number of nitriles is 1. The third-order valence-electron chi connectivity index (χ3n) is 2.71. The van der Waals surface area contributed by atoms with Crippen LogP contribution in [0.2, 0.25) is 0 Å². The van der Waals surface area contributed by atoms with Gasteiger partial charge in [0, 0.05) is 27.3 Å². The Balaban J connectivity index is 1.96. The normalized spacial score (nSPS) is 12.1. The molecule has 0 radical (unpaired) electrons. The Kier molecular flexibility index (Phi) is 4.54. The SMILES string of the molecule is C[C@@H](NCc1cc(C#N)cs1)c1cccc(Br)c1. The summed E-state index contributed by atoms with van der Waals surface area (Å²) in [5.74, 6) is 0. The predicted molar refractivity (Wildman–Crippen MR) is 78.4 cm³/mol. The van der Waals surface area contributed by atoms with E-state index in [1.54, 1.807) is 11.3 Å². The Morgan fingerprint density at radius 3 is 2.94 bits per heavy atom. The first-order chi connectivity index (χ1) is 8.69. The van der Waals surface area contributed by atoms with E-state index < -0.39 is 0 Å². The van der Waals surface area contributed by atoms with Crippen molar-refractivity contribution in [3.05, 3.63) is 56.2 Å². The van der Waals surface area contributed by atoms with Crippen molar-refractivity contribution >= 4 is 27.3 Å². The summed E-state index contributed by atoms with van der Waals surface area (Å²) in [6.07, 6.45) is 0. The minimum Gasteiger partial charge on any atom is -0.305 e. The van der Waals surface area contributed by atoms with Crippen molar-refractivity contribution in [1.82, 2.24) is 5.32 Å². The average Bonchev–Trinajstić information content (AvgIpc) is 2.84. The maximum absolute atomic E-state index is 8.77. The van der Waals surface area contributed by atoms with Crippen LogP contribution >= 0.6 is 27.3 Å². The summed E-state index contributed by atoms with van der Waals surface area (Å²) in [6.45, 7) is 2.93. The highest BCUT2D eigenvalue weighted by molar-refractivity contribution is 9.10. The Labute approximate surface area is 119 Å². The van der Waals surface area contributed by atoms with E-state index in [1.807, 2.05) is 23.6 Å². The van der Waals surface area contributed by atoms with Crippen LogP contribution in [0.15, 0.2) is 40.2 Å². The van der Waals surface area contributed by atoms with Gasteiger partial charge in [-0.05, 0) is 30.7 Å². The van der Waals surface area contributed by atoms with Gasteiger partial charge in [-0.25, -0.2) is 0 Å². The molecule has 0 aliphatic carbocycles. The summed E-state index contributed by atoms with van der Waals surface area (Å²) in [4.78, 5) is 1.19. The van der Waals surface area contributed by atoms with Gasteiger partial charge in [0.2, 0.25) is 0 Å². The molecule has 2 aromatic rings. The van der Waals surface area contributed by atoms with Crippen molar-refractivity contribution in [3.8, 4) is 6.07 Å². The molecule has 18 heavy (non-hydrogen) atoms. The third-order valence-corrected chi connectivity index (χ3v) is 4.14. The van der Waals surface area contributed by atoms with Crippen molar-refractivity contribution in [2.24, 2.45) is 0 Å². The van der Waals surface area contributed by atoms with Crippen LogP contribution in [0.4, 0.5) is 0 Å². The van der Waals surface area contributed by atoms with E-state index in [2.05, 4.69) is 46.4 Å². The van der Waals surface area contributed by atoms with Gasteiger partial charge in [-0.15, -0.1) is 11.3 Å². The van der Waals surface area contributed by atoms with Crippen LogP contribution < -0.4 is 5.32 Å². The zero-order chi connectivity index (χ0) is 13.0. The molecule has 1 heterocycles. The highest BCUT2D eigenvalue weighted by Crippen LogP contribution is 2.19. The smallest absolute Gasteiger partial charge is 0.100 e. The van der Waals surface area contributed by atoms with Gasteiger partial charge in [-0.2, -0.15) is 5.26 Å². The summed E-state index contributed by atoms with van der Waals surface area (Å²) in [7, 11) is 0. The highest BCUT2D eigenvalue weighted by atomic mass is 79.9. The fraction of sp³-hybridized carbons (Fsp3) is 0.214. The lowest BCUT2D eigenvalue weighted by Crippen LogP contribution is -2.17. The topological polar surface area (TPSA) is 35.8 Å². The largest absolute Gasteiger partial charge is 0.305 e. The molecule has 2 nitrogen and oxygen atoms in total. The van der Waals surface area contributed by atoms with Crippen LogP contribution in [0.5, 0.6) is 0 Å². The zero-order valence-electron chi connectivity index (χ0n) is 9.98. The highest BCUT2D eigenvalue weighted by Gasteiger charge is 2.06. The molecule has 0 bridgehead atoms. The van der Waals surface area contributed by atoms with Gasteiger partial charge in [0.1, 0.15) is 6.07 Å². The molecule has 4 heteroatoms. The molecule has 0 amide bonds. The lowest BCUT2D eigenvalue weighted by molar-refractivity contribution is 0.578. The van der Waals surface area contributed by atoms with E-state index >= 15 is 0 Å². The number of rotatable bonds is 4. The van der Waals surface area contributed by atoms with Crippen LogP contribution in [0.25, 0.3) is 0 Å². The van der Waals surface area contributed by atoms with Gasteiger partial charge < -0.3 is 5.32 Å². The van der Waals surface area contributed by atoms with Crippen LogP contribution in [0.1, 0.15) is 29.0 Å². The Hall–Kier alpha value is -1.15. The molecular formula is C14H13BrN2S. The summed E-state index contributed by atoms with van der Waals surface area (Å²) < 4.78 is 1.09. The monoisotopic (exact) mass is 320 g/mol. The maximum Gasteiger partial charge on any atom is 0.100 e. The molecule has 1 aromatic carbocycles. The number of benzene rings is 1. The third kappa shape index (κ3) is 3.42. The average molecular weight is 321 g/mol. The van der Waals surface area contributed by atoms with Gasteiger partial charge in [-0.1, -0.05) is 28.1 Å². The second-order valence-corrected chi connectivity index (χ2v) is 5.98. The molecule has 1 aromatic heterocycles. The number of thiophene rings is 1. The number of hydrogen-bond acceptors (Lipinski definition) is 3. The van der Waals surface area contributed by atoms with Crippen LogP contribution in [-0.4, -0.2) is 0 Å². The van der Waals surface area contributed by atoms with Crippen molar-refractivity contribution < 1.29 is 0 Å². The Morgan fingerprint density at radius 1 is 1.44 bits per heavy atom. The van der Waals surface area contributed by atoms with Crippen molar-refractivity contribution in [3.63, 3.8) is 0 Å². The maximum atomic E-state index is 8.77. The van der Waals surface area contributed by atoms with Gasteiger partial charge in [-0.3, -0.25) is 0 Å². The first-order valence-electron chi connectivity index (χ1n) is 5.65. The molecule has 0 saturated heterocycles. The van der Waals surface area contributed by atoms with E-state index in [4.69, 9.17) is 5.26 Å². The van der Waals surface area contributed by atoms with Crippen molar-refractivity contribution in [2.75, 3.05) is 0 Å². The molecule has 2 rings (SSSR count). The summed E-state index contributed by atoms with van der Waals surface area (Å²) in [5.41, 5.74) is 1.99. The van der Waals surface area contributed by atoms with Crippen LogP contribution in [-0.2, 0) is 6.54 Å². The first kappa shape index (κ1) is 13.3. The second kappa shape index (κ2) is 6.14. The molecule has 1 N–H and O–H groups in total. The molecule has 0 unspecified atom stereocenters. The lowest BCUT2D eigenvalue weighted by Gasteiger charge is -2.13. The van der Waals surface area contributed by atoms with E-state index in [0.717, 1.165) is 16.6 Å². The molecule has 0 aliphatic rings. The molecule has 92 valence electrons. The molecule has 0 aliphatic heterocycles.